The van der Waals surface area contributed by atoms with E-state index in [2.05, 4.69) is 35.7 Å². The molecule has 31 heavy (non-hydrogen) atoms. The fraction of sp³-hybridized carbons (Fsp3) is 0.263. The number of nitrogens with zero attached hydrogens (tertiary/aromatic N) is 5. The molecule has 0 radical (unpaired) electrons. The molecular formula is C19H19N7O4S. The normalized spacial score (nSPS) is 10.9. The SMILES string of the molecule is Cc1noc(C)c1C(=O)N(C)Cc1csc(NC(=O)NCc2ccc3nonc3c2)n1. The molecule has 4 aromatic rings. The van der Waals surface area contributed by atoms with Crippen LogP contribution in [0, 0.1) is 13.8 Å². The minimum atomic E-state index is -0.389. The van der Waals surface area contributed by atoms with E-state index in [-0.39, 0.29) is 18.5 Å². The van der Waals surface area contributed by atoms with Crippen LogP contribution in [0.1, 0.15) is 33.1 Å². The van der Waals surface area contributed by atoms with Gasteiger partial charge < -0.3 is 14.7 Å². The molecule has 0 aliphatic heterocycles. The highest BCUT2D eigenvalue weighted by Crippen LogP contribution is 2.19. The zero-order chi connectivity index (χ0) is 22.0. The van der Waals surface area contributed by atoms with Crippen molar-refractivity contribution < 1.29 is 18.7 Å². The molecule has 0 atom stereocenters. The quantitative estimate of drug-likeness (QED) is 0.466. The third-order valence-corrected chi connectivity index (χ3v) is 5.34. The number of carbonyl (C=O) groups excluding carboxylic acids is 2. The van der Waals surface area contributed by atoms with Gasteiger partial charge in [0.25, 0.3) is 5.91 Å². The van der Waals surface area contributed by atoms with E-state index in [1.54, 1.807) is 38.4 Å². The van der Waals surface area contributed by atoms with Gasteiger partial charge in [0.2, 0.25) is 0 Å². The highest BCUT2D eigenvalue weighted by Gasteiger charge is 2.21. The van der Waals surface area contributed by atoms with E-state index < -0.39 is 0 Å². The lowest BCUT2D eigenvalue weighted by Gasteiger charge is -2.15. The molecule has 0 bridgehead atoms. The molecule has 0 spiro atoms. The molecular weight excluding hydrogens is 422 g/mol. The van der Waals surface area contributed by atoms with Gasteiger partial charge in [-0.15, -0.1) is 11.3 Å². The zero-order valence-corrected chi connectivity index (χ0v) is 17.8. The molecule has 0 fully saturated rings. The molecule has 0 saturated carbocycles. The van der Waals surface area contributed by atoms with Crippen molar-refractivity contribution in [3.8, 4) is 0 Å². The Morgan fingerprint density at radius 2 is 1.97 bits per heavy atom. The largest absolute Gasteiger partial charge is 0.361 e. The number of benzene rings is 1. The summed E-state index contributed by atoms with van der Waals surface area (Å²) in [6, 6.07) is 5.01. The van der Waals surface area contributed by atoms with Gasteiger partial charge in [0.05, 0.1) is 17.9 Å². The fourth-order valence-electron chi connectivity index (χ4n) is 2.99. The van der Waals surface area contributed by atoms with Crippen LogP contribution < -0.4 is 10.6 Å². The highest BCUT2D eigenvalue weighted by atomic mass is 32.1. The third kappa shape index (κ3) is 4.53. The van der Waals surface area contributed by atoms with Crippen LogP contribution in [0.15, 0.2) is 32.7 Å². The van der Waals surface area contributed by atoms with Crippen molar-refractivity contribution in [3.63, 3.8) is 0 Å². The van der Waals surface area contributed by atoms with E-state index in [4.69, 9.17) is 4.52 Å². The number of aromatic nitrogens is 4. The van der Waals surface area contributed by atoms with Crippen molar-refractivity contribution in [1.82, 2.24) is 30.7 Å². The van der Waals surface area contributed by atoms with Crippen LogP contribution in [0.2, 0.25) is 0 Å². The van der Waals surface area contributed by atoms with Gasteiger partial charge in [0, 0.05) is 19.0 Å². The first kappa shape index (κ1) is 20.5. The lowest BCUT2D eigenvalue weighted by atomic mass is 10.2. The van der Waals surface area contributed by atoms with Crippen LogP contribution in [0.3, 0.4) is 0 Å². The molecule has 160 valence electrons. The second-order valence-electron chi connectivity index (χ2n) is 6.90. The van der Waals surface area contributed by atoms with Gasteiger partial charge in [-0.05, 0) is 41.9 Å². The van der Waals surface area contributed by atoms with Crippen LogP contribution in [0.4, 0.5) is 9.93 Å². The monoisotopic (exact) mass is 441 g/mol. The predicted molar refractivity (Wildman–Crippen MR) is 112 cm³/mol. The average molecular weight is 441 g/mol. The van der Waals surface area contributed by atoms with E-state index in [0.29, 0.717) is 45.4 Å². The van der Waals surface area contributed by atoms with Crippen molar-refractivity contribution in [3.05, 3.63) is 51.9 Å². The van der Waals surface area contributed by atoms with Crippen molar-refractivity contribution in [2.75, 3.05) is 12.4 Å². The van der Waals surface area contributed by atoms with E-state index in [0.717, 1.165) is 5.56 Å². The minimum Gasteiger partial charge on any atom is -0.361 e. The summed E-state index contributed by atoms with van der Waals surface area (Å²) in [5, 5.41) is 19.0. The molecule has 3 amide bonds. The summed E-state index contributed by atoms with van der Waals surface area (Å²) in [4.78, 5) is 30.7. The Balaban J connectivity index is 1.31. The lowest BCUT2D eigenvalue weighted by Crippen LogP contribution is -2.28. The molecule has 2 N–H and O–H groups in total. The molecule has 0 unspecified atom stereocenters. The van der Waals surface area contributed by atoms with Gasteiger partial charge in [-0.2, -0.15) is 0 Å². The number of anilines is 1. The van der Waals surface area contributed by atoms with Gasteiger partial charge in [0.15, 0.2) is 5.13 Å². The molecule has 11 nitrogen and oxygen atoms in total. The van der Waals surface area contributed by atoms with E-state index in [1.165, 1.54) is 16.2 Å². The summed E-state index contributed by atoms with van der Waals surface area (Å²) in [6.45, 7) is 4.02. The Hall–Kier alpha value is -3.80. The lowest BCUT2D eigenvalue weighted by molar-refractivity contribution is 0.0781. The first-order valence-electron chi connectivity index (χ1n) is 9.29. The molecule has 3 aromatic heterocycles. The number of hydrogen-bond donors (Lipinski definition) is 2. The van der Waals surface area contributed by atoms with E-state index >= 15 is 0 Å². The van der Waals surface area contributed by atoms with Crippen LogP contribution in [0.5, 0.6) is 0 Å². The molecule has 0 aliphatic carbocycles. The van der Waals surface area contributed by atoms with Crippen molar-refractivity contribution in [1.29, 1.82) is 0 Å². The molecule has 12 heteroatoms. The Morgan fingerprint density at radius 3 is 2.74 bits per heavy atom. The summed E-state index contributed by atoms with van der Waals surface area (Å²) in [6.07, 6.45) is 0. The van der Waals surface area contributed by atoms with Gasteiger partial charge in [-0.1, -0.05) is 11.2 Å². The summed E-state index contributed by atoms with van der Waals surface area (Å²) in [5.41, 5.74) is 3.80. The molecule has 0 aliphatic rings. The molecule has 1 aromatic carbocycles. The minimum absolute atomic E-state index is 0.198. The van der Waals surface area contributed by atoms with Gasteiger partial charge in [-0.3, -0.25) is 10.1 Å². The third-order valence-electron chi connectivity index (χ3n) is 4.54. The topological polar surface area (TPSA) is 139 Å². The summed E-state index contributed by atoms with van der Waals surface area (Å²) >= 11 is 1.28. The van der Waals surface area contributed by atoms with Gasteiger partial charge >= 0.3 is 6.03 Å². The number of urea groups is 1. The maximum absolute atomic E-state index is 12.6. The number of carbonyl (C=O) groups is 2. The summed E-state index contributed by atoms with van der Waals surface area (Å²) < 4.78 is 9.72. The first-order valence-corrected chi connectivity index (χ1v) is 10.2. The number of thiazole rings is 1. The number of nitrogens with one attached hydrogen (secondary N) is 2. The van der Waals surface area contributed by atoms with Gasteiger partial charge in [-0.25, -0.2) is 14.4 Å². The Morgan fingerprint density at radius 1 is 1.16 bits per heavy atom. The van der Waals surface area contributed by atoms with Crippen LogP contribution >= 0.6 is 11.3 Å². The highest BCUT2D eigenvalue weighted by molar-refractivity contribution is 7.13. The Labute approximate surface area is 180 Å². The number of hydrogen-bond acceptors (Lipinski definition) is 9. The maximum Gasteiger partial charge on any atom is 0.321 e. The van der Waals surface area contributed by atoms with Crippen molar-refractivity contribution in [2.45, 2.75) is 26.9 Å². The molecule has 3 heterocycles. The second kappa shape index (κ2) is 8.52. The number of aryl methyl sites for hydroxylation is 2. The molecule has 0 saturated heterocycles. The van der Waals surface area contributed by atoms with Crippen LogP contribution in [-0.2, 0) is 13.1 Å². The second-order valence-corrected chi connectivity index (χ2v) is 7.76. The van der Waals surface area contributed by atoms with E-state index in [9.17, 15) is 9.59 Å². The fourth-order valence-corrected chi connectivity index (χ4v) is 3.69. The smallest absolute Gasteiger partial charge is 0.321 e. The van der Waals surface area contributed by atoms with Crippen LogP contribution in [0.25, 0.3) is 11.0 Å². The summed E-state index contributed by atoms with van der Waals surface area (Å²) in [7, 11) is 1.68. The van der Waals surface area contributed by atoms with E-state index in [1.807, 2.05) is 6.07 Å². The number of amides is 3. The number of fused-ring (bicyclic) bond motifs is 1. The summed E-state index contributed by atoms with van der Waals surface area (Å²) in [5.74, 6) is 0.279. The van der Waals surface area contributed by atoms with Gasteiger partial charge in [0.1, 0.15) is 22.4 Å². The standard InChI is InChI=1S/C19H19N7O4S/c1-10-16(11(2)29-23-10)17(27)26(3)8-13-9-31-19(21-13)22-18(28)20-7-12-4-5-14-15(6-12)25-30-24-14/h4-6,9H,7-8H2,1-3H3,(H2,20,21,22,28). The predicted octanol–water partition coefficient (Wildman–Crippen LogP) is 2.88. The number of rotatable bonds is 6. The zero-order valence-electron chi connectivity index (χ0n) is 17.0. The van der Waals surface area contributed by atoms with Crippen molar-refractivity contribution >= 4 is 39.4 Å². The first-order chi connectivity index (χ1) is 14.9. The van der Waals surface area contributed by atoms with Crippen LogP contribution in [-0.4, -0.2) is 44.3 Å². The van der Waals surface area contributed by atoms with Crippen molar-refractivity contribution in [2.24, 2.45) is 0 Å². The average Bonchev–Trinajstić information content (AvgIpc) is 3.46. The molecule has 4 rings (SSSR count). The Kier molecular flexibility index (Phi) is 5.62. The Bertz CT molecular complexity index is 1230. The maximum atomic E-state index is 12.6.